The van der Waals surface area contributed by atoms with Crippen LogP contribution in [0.25, 0.3) is 0 Å². The lowest BCUT2D eigenvalue weighted by molar-refractivity contribution is 0.145. The molecule has 0 heterocycles. The van der Waals surface area contributed by atoms with Gasteiger partial charge in [-0.1, -0.05) is 12.1 Å². The number of hydrogen-bond acceptors (Lipinski definition) is 3. The smallest absolute Gasteiger partial charge is 0.190 e. The average Bonchev–Trinajstić information content (AvgIpc) is 3.14. The van der Waals surface area contributed by atoms with Crippen LogP contribution in [0.5, 0.6) is 5.75 Å². The van der Waals surface area contributed by atoms with Gasteiger partial charge in [0, 0.05) is 33.4 Å². The Morgan fingerprint density at radius 2 is 1.81 bits per heavy atom. The lowest BCUT2D eigenvalue weighted by atomic mass is 10.1. The predicted octanol–water partition coefficient (Wildman–Crippen LogP) is 3.76. The Hall–Kier alpha value is -1.02. The van der Waals surface area contributed by atoms with Crippen molar-refractivity contribution in [2.24, 2.45) is 4.99 Å². The van der Waals surface area contributed by atoms with Gasteiger partial charge in [0.25, 0.3) is 0 Å². The molecule has 0 atom stereocenters. The van der Waals surface area contributed by atoms with Crippen LogP contribution >= 0.6 is 24.0 Å². The third-order valence-corrected chi connectivity index (χ3v) is 4.42. The molecule has 6 heteroatoms. The molecule has 0 saturated heterocycles. The lowest BCUT2D eigenvalue weighted by Gasteiger charge is -2.14. The zero-order valence-electron chi connectivity index (χ0n) is 16.1. The van der Waals surface area contributed by atoms with E-state index >= 15 is 0 Å². The summed E-state index contributed by atoms with van der Waals surface area (Å²) in [5.74, 6) is 1.84. The first-order valence-corrected chi connectivity index (χ1v) is 9.59. The minimum atomic E-state index is 0. The molecule has 2 N–H and O–H groups in total. The third-order valence-electron chi connectivity index (χ3n) is 4.42. The van der Waals surface area contributed by atoms with E-state index in [1.165, 1.54) is 31.2 Å². The van der Waals surface area contributed by atoms with Gasteiger partial charge in [0.2, 0.25) is 0 Å². The number of halogens is 1. The van der Waals surface area contributed by atoms with E-state index in [9.17, 15) is 0 Å². The first-order chi connectivity index (χ1) is 12.3. The van der Waals surface area contributed by atoms with Crippen molar-refractivity contribution in [3.63, 3.8) is 0 Å². The van der Waals surface area contributed by atoms with Gasteiger partial charge >= 0.3 is 0 Å². The molecule has 0 aliphatic heterocycles. The number of rotatable bonds is 10. The van der Waals surface area contributed by atoms with Crippen LogP contribution < -0.4 is 15.4 Å². The van der Waals surface area contributed by atoms with Crippen LogP contribution in [0.4, 0.5) is 0 Å². The molecule has 0 spiro atoms. The zero-order chi connectivity index (χ0) is 17.7. The summed E-state index contributed by atoms with van der Waals surface area (Å²) >= 11 is 0. The second kappa shape index (κ2) is 14.1. The molecule has 2 rings (SSSR count). The predicted molar refractivity (Wildman–Crippen MR) is 119 cm³/mol. The quantitative estimate of drug-likeness (QED) is 0.234. The number of aliphatic imine (C=N–C) groups is 1. The van der Waals surface area contributed by atoms with Crippen molar-refractivity contribution in [2.45, 2.75) is 51.6 Å². The van der Waals surface area contributed by atoms with Gasteiger partial charge in [-0.2, -0.15) is 0 Å². The Labute approximate surface area is 175 Å². The number of nitrogens with zero attached hydrogens (tertiary/aromatic N) is 1. The molecule has 1 aromatic rings. The molecule has 0 unspecified atom stereocenters. The average molecular weight is 475 g/mol. The van der Waals surface area contributed by atoms with E-state index < -0.39 is 0 Å². The van der Waals surface area contributed by atoms with Gasteiger partial charge in [0.1, 0.15) is 5.75 Å². The van der Waals surface area contributed by atoms with Crippen LogP contribution in [-0.2, 0) is 11.2 Å². The highest BCUT2D eigenvalue weighted by Gasteiger charge is 2.16. The van der Waals surface area contributed by atoms with Gasteiger partial charge < -0.3 is 20.1 Å². The van der Waals surface area contributed by atoms with E-state index in [1.54, 1.807) is 7.05 Å². The van der Waals surface area contributed by atoms with Crippen molar-refractivity contribution in [3.8, 4) is 5.75 Å². The molecular weight excluding hydrogens is 441 g/mol. The molecular formula is C20H34IN3O2. The Morgan fingerprint density at radius 1 is 1.12 bits per heavy atom. The fourth-order valence-electron chi connectivity index (χ4n) is 3.00. The molecule has 0 radical (unpaired) electrons. The third kappa shape index (κ3) is 9.07. The van der Waals surface area contributed by atoms with Crippen LogP contribution in [0.3, 0.4) is 0 Å². The summed E-state index contributed by atoms with van der Waals surface area (Å²) in [6.45, 7) is 5.30. The second-order valence-electron chi connectivity index (χ2n) is 6.39. The van der Waals surface area contributed by atoms with Crippen LogP contribution in [0.1, 0.15) is 44.6 Å². The lowest BCUT2D eigenvalue weighted by Crippen LogP contribution is -2.39. The van der Waals surface area contributed by atoms with Crippen LogP contribution in [0.15, 0.2) is 29.3 Å². The maximum absolute atomic E-state index is 6.01. The van der Waals surface area contributed by atoms with Gasteiger partial charge in [-0.3, -0.25) is 4.99 Å². The zero-order valence-corrected chi connectivity index (χ0v) is 18.5. The molecule has 1 aliphatic rings. The normalized spacial score (nSPS) is 14.8. The molecule has 1 fully saturated rings. The minimum Gasteiger partial charge on any atom is -0.490 e. The summed E-state index contributed by atoms with van der Waals surface area (Å²) in [7, 11) is 1.80. The van der Waals surface area contributed by atoms with Gasteiger partial charge in [-0.25, -0.2) is 0 Å². The Bertz CT molecular complexity index is 502. The van der Waals surface area contributed by atoms with Crippen molar-refractivity contribution in [3.05, 3.63) is 29.8 Å². The first-order valence-electron chi connectivity index (χ1n) is 9.59. The summed E-state index contributed by atoms with van der Waals surface area (Å²) in [6.07, 6.45) is 7.36. The fraction of sp³-hybridized carbons (Fsp3) is 0.650. The van der Waals surface area contributed by atoms with Crippen molar-refractivity contribution in [2.75, 3.05) is 33.4 Å². The molecule has 5 nitrogen and oxygen atoms in total. The largest absolute Gasteiger partial charge is 0.490 e. The molecule has 0 aromatic heterocycles. The summed E-state index contributed by atoms with van der Waals surface area (Å²) in [4.78, 5) is 4.24. The molecule has 1 saturated carbocycles. The summed E-state index contributed by atoms with van der Waals surface area (Å²) in [5, 5.41) is 6.65. The fourth-order valence-corrected chi connectivity index (χ4v) is 3.00. The molecule has 0 amide bonds. The van der Waals surface area contributed by atoms with Gasteiger partial charge in [-0.05, 0) is 63.1 Å². The van der Waals surface area contributed by atoms with Crippen LogP contribution in [0.2, 0.25) is 0 Å². The van der Waals surface area contributed by atoms with Crippen molar-refractivity contribution < 1.29 is 9.47 Å². The van der Waals surface area contributed by atoms with Gasteiger partial charge in [0.15, 0.2) is 5.96 Å². The standard InChI is InChI=1S/C20H33N3O2.HI/c1-3-24-16-6-14-22-20(21-2)23-15-13-17-9-11-19(12-10-17)25-18-7-4-5-8-18;/h9-12,18H,3-8,13-16H2,1-2H3,(H2,21,22,23);1H. The van der Waals surface area contributed by atoms with E-state index in [0.29, 0.717) is 6.10 Å². The highest BCUT2D eigenvalue weighted by molar-refractivity contribution is 14.0. The highest BCUT2D eigenvalue weighted by Crippen LogP contribution is 2.24. The Balaban J connectivity index is 0.00000338. The maximum atomic E-state index is 6.01. The molecule has 1 aromatic carbocycles. The maximum Gasteiger partial charge on any atom is 0.190 e. The highest BCUT2D eigenvalue weighted by atomic mass is 127. The SMILES string of the molecule is CCOCCCNC(=NC)NCCc1ccc(OC2CCCC2)cc1.I. The van der Waals surface area contributed by atoms with E-state index in [2.05, 4.69) is 39.9 Å². The molecule has 1 aliphatic carbocycles. The van der Waals surface area contributed by atoms with E-state index in [4.69, 9.17) is 9.47 Å². The van der Waals surface area contributed by atoms with Crippen LogP contribution in [0, 0.1) is 0 Å². The topological polar surface area (TPSA) is 54.9 Å². The molecule has 26 heavy (non-hydrogen) atoms. The minimum absolute atomic E-state index is 0. The second-order valence-corrected chi connectivity index (χ2v) is 6.39. The Morgan fingerprint density at radius 3 is 2.46 bits per heavy atom. The monoisotopic (exact) mass is 475 g/mol. The van der Waals surface area contributed by atoms with Crippen molar-refractivity contribution in [1.82, 2.24) is 10.6 Å². The first kappa shape index (κ1) is 23.0. The number of hydrogen-bond donors (Lipinski definition) is 2. The summed E-state index contributed by atoms with van der Waals surface area (Å²) in [5.41, 5.74) is 1.30. The van der Waals surface area contributed by atoms with Crippen molar-refractivity contribution in [1.29, 1.82) is 0 Å². The Kier molecular flexibility index (Phi) is 12.5. The molecule has 0 bridgehead atoms. The molecule has 148 valence electrons. The van der Waals surface area contributed by atoms with E-state index in [1.807, 2.05) is 6.92 Å². The van der Waals surface area contributed by atoms with Gasteiger partial charge in [0.05, 0.1) is 6.10 Å². The van der Waals surface area contributed by atoms with Gasteiger partial charge in [-0.15, -0.1) is 24.0 Å². The van der Waals surface area contributed by atoms with E-state index in [-0.39, 0.29) is 24.0 Å². The number of ether oxygens (including phenoxy) is 2. The number of benzene rings is 1. The van der Waals surface area contributed by atoms with E-state index in [0.717, 1.165) is 50.9 Å². The number of guanidine groups is 1. The van der Waals surface area contributed by atoms with Crippen molar-refractivity contribution >= 4 is 29.9 Å². The number of nitrogens with one attached hydrogen (secondary N) is 2. The summed E-state index contributed by atoms with van der Waals surface area (Å²) < 4.78 is 11.3. The van der Waals surface area contributed by atoms with Crippen LogP contribution in [-0.4, -0.2) is 45.4 Å². The summed E-state index contributed by atoms with van der Waals surface area (Å²) in [6, 6.07) is 8.50.